The maximum atomic E-state index is 3.40. The molecule has 0 bridgehead atoms. The number of hydrogen-bond donors (Lipinski definition) is 2. The van der Waals surface area contributed by atoms with Gasteiger partial charge in [-0.3, -0.25) is 0 Å². The molecule has 0 amide bonds. The molecule has 2 nitrogen and oxygen atoms in total. The minimum Gasteiger partial charge on any atom is -0.328 e. The van der Waals surface area contributed by atoms with E-state index in [0.717, 1.165) is 6.54 Å². The first-order valence-electron chi connectivity index (χ1n) is 3.06. The Morgan fingerprint density at radius 2 is 1.88 bits per heavy atom. The van der Waals surface area contributed by atoms with Crippen molar-refractivity contribution in [1.82, 2.24) is 9.96 Å². The van der Waals surface area contributed by atoms with Gasteiger partial charge in [0.15, 0.2) is 8.40 Å². The van der Waals surface area contributed by atoms with Gasteiger partial charge in [0, 0.05) is 0 Å². The molecule has 0 fully saturated rings. The maximum absolute atomic E-state index is 3.40. The van der Waals surface area contributed by atoms with Crippen molar-refractivity contribution in [2.75, 3.05) is 13.6 Å². The Morgan fingerprint density at radius 1 is 1.38 bits per heavy atom. The van der Waals surface area contributed by atoms with Crippen LogP contribution >= 0.6 is 0 Å². The van der Waals surface area contributed by atoms with E-state index in [1.165, 1.54) is 0 Å². The lowest BCUT2D eigenvalue weighted by Crippen LogP contribution is -2.55. The average molecular weight is 132 g/mol. The molecule has 0 rings (SSSR count). The van der Waals surface area contributed by atoms with E-state index in [9.17, 15) is 0 Å². The predicted molar refractivity (Wildman–Crippen MR) is 40.2 cm³/mol. The summed E-state index contributed by atoms with van der Waals surface area (Å²) < 4.78 is 0. The summed E-state index contributed by atoms with van der Waals surface area (Å²) in [5.74, 6) is 0. The number of nitrogens with one attached hydrogen (secondary N) is 2. The van der Waals surface area contributed by atoms with Gasteiger partial charge in [0.25, 0.3) is 0 Å². The lowest BCUT2D eigenvalue weighted by Gasteiger charge is -2.20. The first-order chi connectivity index (χ1) is 3.62. The Kier molecular flexibility index (Phi) is 3.27. The molecule has 0 aromatic heterocycles. The highest BCUT2D eigenvalue weighted by Gasteiger charge is 2.14. The van der Waals surface area contributed by atoms with Gasteiger partial charge >= 0.3 is 0 Å². The fraction of sp³-hybridized carbons (Fsp3) is 1.00. The standard InChI is InChI=1S/C5H16N2Si/c1-5-7-8(3,4)6-2/h6-7H,5H2,1-4H3. The molecule has 8 heavy (non-hydrogen) atoms. The summed E-state index contributed by atoms with van der Waals surface area (Å²) >= 11 is 0. The minimum absolute atomic E-state index is 1.07. The Hall–Kier alpha value is 0.137. The first-order valence-corrected chi connectivity index (χ1v) is 6.06. The molecule has 0 aromatic carbocycles. The number of hydrogen-bond acceptors (Lipinski definition) is 2. The predicted octanol–water partition coefficient (Wildman–Crippen LogP) is 0.517. The minimum atomic E-state index is -1.18. The number of rotatable bonds is 3. The molecule has 0 aliphatic carbocycles. The van der Waals surface area contributed by atoms with Crippen LogP contribution in [0.4, 0.5) is 0 Å². The van der Waals surface area contributed by atoms with Gasteiger partial charge in [-0.2, -0.15) is 0 Å². The van der Waals surface area contributed by atoms with Crippen molar-refractivity contribution < 1.29 is 0 Å². The summed E-state index contributed by atoms with van der Waals surface area (Å²) in [5.41, 5.74) is 0. The molecule has 0 radical (unpaired) electrons. The van der Waals surface area contributed by atoms with Crippen molar-refractivity contribution in [1.29, 1.82) is 0 Å². The van der Waals surface area contributed by atoms with E-state index in [4.69, 9.17) is 0 Å². The van der Waals surface area contributed by atoms with Crippen molar-refractivity contribution in [3.05, 3.63) is 0 Å². The average Bonchev–Trinajstić information content (AvgIpc) is 1.67. The lowest BCUT2D eigenvalue weighted by molar-refractivity contribution is 0.915. The first kappa shape index (κ1) is 8.14. The summed E-state index contributed by atoms with van der Waals surface area (Å²) in [6, 6.07) is 0. The van der Waals surface area contributed by atoms with Gasteiger partial charge in [-0.05, 0) is 26.7 Å². The zero-order valence-electron chi connectivity index (χ0n) is 6.21. The molecule has 0 saturated heterocycles. The normalized spacial score (nSPS) is 12.0. The largest absolute Gasteiger partial charge is 0.328 e. The zero-order valence-corrected chi connectivity index (χ0v) is 7.21. The third kappa shape index (κ3) is 3.18. The van der Waals surface area contributed by atoms with Crippen LogP contribution < -0.4 is 9.96 Å². The Morgan fingerprint density at radius 3 is 2.00 bits per heavy atom. The Labute approximate surface area is 52.8 Å². The zero-order chi connectivity index (χ0) is 6.62. The van der Waals surface area contributed by atoms with E-state index in [1.807, 2.05) is 7.05 Å². The van der Waals surface area contributed by atoms with Crippen molar-refractivity contribution >= 4 is 8.40 Å². The summed E-state index contributed by atoms with van der Waals surface area (Å²) in [7, 11) is 0.832. The summed E-state index contributed by atoms with van der Waals surface area (Å²) in [4.78, 5) is 6.67. The van der Waals surface area contributed by atoms with Gasteiger partial charge in [0.05, 0.1) is 0 Å². The van der Waals surface area contributed by atoms with Crippen molar-refractivity contribution in [3.8, 4) is 0 Å². The summed E-state index contributed by atoms with van der Waals surface area (Å²) in [6.07, 6.45) is 0. The van der Waals surface area contributed by atoms with Crippen LogP contribution in [0.2, 0.25) is 13.1 Å². The molecule has 0 aromatic rings. The summed E-state index contributed by atoms with van der Waals surface area (Å²) in [5, 5.41) is 0. The van der Waals surface area contributed by atoms with E-state index in [-0.39, 0.29) is 0 Å². The molecule has 3 heteroatoms. The maximum Gasteiger partial charge on any atom is 0.194 e. The van der Waals surface area contributed by atoms with Crippen LogP contribution in [0, 0.1) is 0 Å². The van der Waals surface area contributed by atoms with E-state index < -0.39 is 8.40 Å². The Bertz CT molecular complexity index is 63.4. The van der Waals surface area contributed by atoms with Crippen molar-refractivity contribution in [3.63, 3.8) is 0 Å². The SMILES string of the molecule is CCN[Si](C)(C)NC. The molecule has 2 N–H and O–H groups in total. The van der Waals surface area contributed by atoms with Gasteiger partial charge < -0.3 is 9.96 Å². The van der Waals surface area contributed by atoms with Gasteiger partial charge in [-0.25, -0.2) is 0 Å². The molecule has 50 valence electrons. The molecule has 0 aliphatic heterocycles. The van der Waals surface area contributed by atoms with Gasteiger partial charge in [0.1, 0.15) is 0 Å². The third-order valence-electron chi connectivity index (χ3n) is 1.24. The lowest BCUT2D eigenvalue weighted by atomic mass is 10.8. The second-order valence-electron chi connectivity index (χ2n) is 2.41. The van der Waals surface area contributed by atoms with Gasteiger partial charge in [-0.1, -0.05) is 6.92 Å². The topological polar surface area (TPSA) is 24.1 Å². The van der Waals surface area contributed by atoms with E-state index in [1.54, 1.807) is 0 Å². The second-order valence-corrected chi connectivity index (χ2v) is 6.51. The van der Waals surface area contributed by atoms with Crippen LogP contribution in [0.1, 0.15) is 6.92 Å². The molecule has 0 unspecified atom stereocenters. The van der Waals surface area contributed by atoms with Crippen LogP contribution in [-0.4, -0.2) is 22.0 Å². The fourth-order valence-electron chi connectivity index (χ4n) is 0.530. The Balaban J connectivity index is 3.37. The van der Waals surface area contributed by atoms with E-state index in [0.29, 0.717) is 0 Å². The highest BCUT2D eigenvalue weighted by atomic mass is 28.3. The van der Waals surface area contributed by atoms with E-state index in [2.05, 4.69) is 30.0 Å². The fourth-order valence-corrected chi connectivity index (χ4v) is 1.59. The van der Waals surface area contributed by atoms with Gasteiger partial charge in [0.2, 0.25) is 0 Å². The summed E-state index contributed by atoms with van der Waals surface area (Å²) in [6.45, 7) is 7.69. The van der Waals surface area contributed by atoms with Crippen LogP contribution in [0.3, 0.4) is 0 Å². The molecule has 0 atom stereocenters. The third-order valence-corrected chi connectivity index (χ3v) is 3.73. The molecule has 0 aliphatic rings. The molecular weight excluding hydrogens is 116 g/mol. The van der Waals surface area contributed by atoms with Crippen molar-refractivity contribution in [2.45, 2.75) is 20.0 Å². The monoisotopic (exact) mass is 132 g/mol. The molecule has 0 spiro atoms. The molecule has 0 heterocycles. The van der Waals surface area contributed by atoms with Crippen LogP contribution in [0.5, 0.6) is 0 Å². The quantitative estimate of drug-likeness (QED) is 0.547. The van der Waals surface area contributed by atoms with Crippen LogP contribution in [0.15, 0.2) is 0 Å². The van der Waals surface area contributed by atoms with Gasteiger partial charge in [-0.15, -0.1) is 0 Å². The second kappa shape index (κ2) is 3.22. The molecular formula is C5H16N2Si. The highest BCUT2D eigenvalue weighted by molar-refractivity contribution is 6.72. The smallest absolute Gasteiger partial charge is 0.194 e. The van der Waals surface area contributed by atoms with E-state index >= 15 is 0 Å². The van der Waals surface area contributed by atoms with Crippen LogP contribution in [-0.2, 0) is 0 Å². The van der Waals surface area contributed by atoms with Crippen LogP contribution in [0.25, 0.3) is 0 Å². The highest BCUT2D eigenvalue weighted by Crippen LogP contribution is 1.86. The van der Waals surface area contributed by atoms with Crippen molar-refractivity contribution in [2.24, 2.45) is 0 Å². The molecule has 0 saturated carbocycles.